The van der Waals surface area contributed by atoms with Gasteiger partial charge in [0.1, 0.15) is 5.75 Å². The van der Waals surface area contributed by atoms with E-state index in [-0.39, 0.29) is 5.75 Å². The smallest absolute Gasteiger partial charge is 0.330 e. The molecule has 0 bridgehead atoms. The number of carboxylic acid groups (broad SMARTS) is 1. The largest absolute Gasteiger partial charge is 0.508 e. The number of para-hydroxylation sites is 1. The van der Waals surface area contributed by atoms with Crippen LogP contribution in [0.15, 0.2) is 42.5 Å². The average molecular weight is 312 g/mol. The number of phenols is 1. The van der Waals surface area contributed by atoms with E-state index in [0.717, 1.165) is 0 Å². The first-order valence-electron chi connectivity index (χ1n) is 5.71. The molecule has 0 aliphatic heterocycles. The Labute approximate surface area is 125 Å². The van der Waals surface area contributed by atoms with Crippen molar-refractivity contribution in [3.8, 4) is 5.75 Å². The summed E-state index contributed by atoms with van der Waals surface area (Å²) >= 11 is 12.0. The highest BCUT2D eigenvalue weighted by Crippen LogP contribution is 2.33. The molecule has 1 unspecified atom stereocenters. The first kappa shape index (κ1) is 14.5. The molecule has 2 aromatic carbocycles. The summed E-state index contributed by atoms with van der Waals surface area (Å²) in [7, 11) is 0. The summed E-state index contributed by atoms with van der Waals surface area (Å²) in [6, 6.07) is 9.81. The maximum atomic E-state index is 11.4. The van der Waals surface area contributed by atoms with Crippen LogP contribution in [0.5, 0.6) is 5.75 Å². The summed E-state index contributed by atoms with van der Waals surface area (Å²) in [5.74, 6) is -1.12. The van der Waals surface area contributed by atoms with E-state index in [1.165, 1.54) is 12.1 Å². The van der Waals surface area contributed by atoms with Crippen LogP contribution < -0.4 is 5.32 Å². The van der Waals surface area contributed by atoms with E-state index in [2.05, 4.69) is 5.32 Å². The van der Waals surface area contributed by atoms with Gasteiger partial charge in [0.15, 0.2) is 6.04 Å². The van der Waals surface area contributed by atoms with Crippen LogP contribution in [0.3, 0.4) is 0 Å². The number of benzene rings is 2. The Hall–Kier alpha value is -1.91. The maximum absolute atomic E-state index is 11.4. The van der Waals surface area contributed by atoms with Gasteiger partial charge in [-0.2, -0.15) is 0 Å². The number of carboxylic acids is 1. The standard InChI is InChI=1S/C14H11Cl2NO3/c15-10-5-2-6-11(16)13(10)17-12(14(19)20)8-3-1-4-9(18)7-8/h1-7,12,17-18H,(H,19,20). The van der Waals surface area contributed by atoms with E-state index in [4.69, 9.17) is 23.2 Å². The first-order valence-corrected chi connectivity index (χ1v) is 6.47. The van der Waals surface area contributed by atoms with Gasteiger partial charge in [-0.05, 0) is 29.8 Å². The Balaban J connectivity index is 2.38. The topological polar surface area (TPSA) is 69.6 Å². The molecule has 2 rings (SSSR count). The number of rotatable bonds is 4. The van der Waals surface area contributed by atoms with E-state index in [9.17, 15) is 15.0 Å². The normalized spacial score (nSPS) is 11.9. The van der Waals surface area contributed by atoms with E-state index >= 15 is 0 Å². The third-order valence-electron chi connectivity index (χ3n) is 2.70. The van der Waals surface area contributed by atoms with E-state index < -0.39 is 12.0 Å². The number of hydrogen-bond acceptors (Lipinski definition) is 3. The number of anilines is 1. The quantitative estimate of drug-likeness (QED) is 0.800. The van der Waals surface area contributed by atoms with Crippen molar-refractivity contribution in [1.82, 2.24) is 0 Å². The van der Waals surface area contributed by atoms with Crippen LogP contribution in [0.25, 0.3) is 0 Å². The molecular formula is C14H11Cl2NO3. The highest BCUT2D eigenvalue weighted by atomic mass is 35.5. The minimum Gasteiger partial charge on any atom is -0.508 e. The van der Waals surface area contributed by atoms with Gasteiger partial charge in [-0.3, -0.25) is 0 Å². The maximum Gasteiger partial charge on any atom is 0.330 e. The molecule has 0 saturated heterocycles. The molecule has 0 radical (unpaired) electrons. The average Bonchev–Trinajstić information content (AvgIpc) is 2.38. The van der Waals surface area contributed by atoms with Crippen LogP contribution in [-0.2, 0) is 4.79 Å². The van der Waals surface area contributed by atoms with Crippen LogP contribution in [0.4, 0.5) is 5.69 Å². The summed E-state index contributed by atoms with van der Waals surface area (Å²) in [5.41, 5.74) is 0.736. The third kappa shape index (κ3) is 3.15. The third-order valence-corrected chi connectivity index (χ3v) is 3.33. The van der Waals surface area contributed by atoms with Crippen molar-refractivity contribution < 1.29 is 15.0 Å². The van der Waals surface area contributed by atoms with Crippen LogP contribution in [-0.4, -0.2) is 16.2 Å². The Bertz CT molecular complexity index is 626. The van der Waals surface area contributed by atoms with E-state index in [0.29, 0.717) is 21.3 Å². The van der Waals surface area contributed by atoms with E-state index in [1.54, 1.807) is 30.3 Å². The number of aromatic hydroxyl groups is 1. The van der Waals surface area contributed by atoms with Crippen LogP contribution >= 0.6 is 23.2 Å². The number of halogens is 2. The fraction of sp³-hybridized carbons (Fsp3) is 0.0714. The molecule has 6 heteroatoms. The zero-order valence-corrected chi connectivity index (χ0v) is 11.7. The van der Waals surface area contributed by atoms with Crippen LogP contribution in [0, 0.1) is 0 Å². The predicted octanol–water partition coefficient (Wildman–Crippen LogP) is 3.94. The lowest BCUT2D eigenvalue weighted by Crippen LogP contribution is -2.20. The summed E-state index contributed by atoms with van der Waals surface area (Å²) in [5, 5.41) is 22.2. The predicted molar refractivity (Wildman–Crippen MR) is 78.6 cm³/mol. The first-order chi connectivity index (χ1) is 9.49. The zero-order chi connectivity index (χ0) is 14.7. The highest BCUT2D eigenvalue weighted by Gasteiger charge is 2.22. The molecule has 4 nitrogen and oxygen atoms in total. The minimum absolute atomic E-state index is 0.0131. The fourth-order valence-electron chi connectivity index (χ4n) is 1.77. The number of carbonyl (C=O) groups is 1. The van der Waals surface area contributed by atoms with Gasteiger partial charge in [-0.1, -0.05) is 41.4 Å². The second kappa shape index (κ2) is 6.03. The van der Waals surface area contributed by atoms with Gasteiger partial charge in [0.2, 0.25) is 0 Å². The minimum atomic E-state index is -1.11. The Morgan fingerprint density at radius 1 is 1.10 bits per heavy atom. The van der Waals surface area contributed by atoms with Gasteiger partial charge in [0.05, 0.1) is 15.7 Å². The summed E-state index contributed by atoms with van der Waals surface area (Å²) < 4.78 is 0. The van der Waals surface area contributed by atoms with Gasteiger partial charge < -0.3 is 15.5 Å². The molecule has 0 amide bonds. The number of nitrogens with one attached hydrogen (secondary N) is 1. The van der Waals surface area contributed by atoms with Gasteiger partial charge in [-0.15, -0.1) is 0 Å². The van der Waals surface area contributed by atoms with Gasteiger partial charge >= 0.3 is 5.97 Å². The van der Waals surface area contributed by atoms with Crippen molar-refractivity contribution in [2.24, 2.45) is 0 Å². The molecule has 1 atom stereocenters. The zero-order valence-electron chi connectivity index (χ0n) is 10.2. The molecule has 0 spiro atoms. The lowest BCUT2D eigenvalue weighted by molar-refractivity contribution is -0.138. The molecule has 0 aliphatic carbocycles. The molecule has 0 saturated carbocycles. The Kier molecular flexibility index (Phi) is 4.37. The van der Waals surface area contributed by atoms with Crippen LogP contribution in [0.2, 0.25) is 10.0 Å². The molecule has 104 valence electrons. The summed E-state index contributed by atoms with van der Waals surface area (Å²) in [6.45, 7) is 0. The van der Waals surface area contributed by atoms with Crippen molar-refractivity contribution in [2.75, 3.05) is 5.32 Å². The van der Waals surface area contributed by atoms with Gasteiger partial charge in [0.25, 0.3) is 0 Å². The lowest BCUT2D eigenvalue weighted by Gasteiger charge is -2.18. The van der Waals surface area contributed by atoms with Gasteiger partial charge in [-0.25, -0.2) is 4.79 Å². The van der Waals surface area contributed by atoms with Crippen molar-refractivity contribution >= 4 is 34.9 Å². The molecular weight excluding hydrogens is 301 g/mol. The molecule has 2 aromatic rings. The fourth-order valence-corrected chi connectivity index (χ4v) is 2.28. The number of phenolic OH excluding ortho intramolecular Hbond substituents is 1. The summed E-state index contributed by atoms with van der Waals surface area (Å²) in [4.78, 5) is 11.4. The molecule has 0 aliphatic rings. The van der Waals surface area contributed by atoms with Crippen molar-refractivity contribution in [3.63, 3.8) is 0 Å². The molecule has 3 N–H and O–H groups in total. The highest BCUT2D eigenvalue weighted by molar-refractivity contribution is 6.39. The molecule has 0 heterocycles. The molecule has 0 fully saturated rings. The number of aliphatic carboxylic acids is 1. The van der Waals surface area contributed by atoms with Crippen molar-refractivity contribution in [3.05, 3.63) is 58.1 Å². The van der Waals surface area contributed by atoms with Crippen LogP contribution in [0.1, 0.15) is 11.6 Å². The molecule has 20 heavy (non-hydrogen) atoms. The number of hydrogen-bond donors (Lipinski definition) is 3. The van der Waals surface area contributed by atoms with Crippen molar-refractivity contribution in [2.45, 2.75) is 6.04 Å². The summed E-state index contributed by atoms with van der Waals surface area (Å²) in [6.07, 6.45) is 0. The Morgan fingerprint density at radius 2 is 1.70 bits per heavy atom. The van der Waals surface area contributed by atoms with Crippen molar-refractivity contribution in [1.29, 1.82) is 0 Å². The van der Waals surface area contributed by atoms with Gasteiger partial charge in [0, 0.05) is 0 Å². The lowest BCUT2D eigenvalue weighted by atomic mass is 10.1. The molecule has 0 aromatic heterocycles. The monoisotopic (exact) mass is 311 g/mol. The second-order valence-corrected chi connectivity index (χ2v) is 4.92. The SMILES string of the molecule is O=C(O)C(Nc1c(Cl)cccc1Cl)c1cccc(O)c1. The Morgan fingerprint density at radius 3 is 2.25 bits per heavy atom. The van der Waals surface area contributed by atoms with E-state index in [1.807, 2.05) is 0 Å². The second-order valence-electron chi connectivity index (χ2n) is 4.11.